The Balaban J connectivity index is -0.00000000400. The molecule has 0 amide bonds. The summed E-state index contributed by atoms with van der Waals surface area (Å²) in [4.78, 5) is 0. The zero-order valence-corrected chi connectivity index (χ0v) is 32.0. The Labute approximate surface area is 368 Å². The van der Waals surface area contributed by atoms with Crippen molar-refractivity contribution in [1.82, 2.24) is 0 Å². The summed E-state index contributed by atoms with van der Waals surface area (Å²) >= 11 is 0. The van der Waals surface area contributed by atoms with Crippen LogP contribution in [0.15, 0.2) is 0 Å². The molecule has 0 fully saturated rings. The Morgan fingerprint density at radius 1 is 0.310 bits per heavy atom. The predicted octanol–water partition coefficient (Wildman–Crippen LogP) is -7.77. The van der Waals surface area contributed by atoms with E-state index in [2.05, 4.69) is 0 Å². The van der Waals surface area contributed by atoms with Crippen molar-refractivity contribution in [3.05, 3.63) is 0 Å². The largest absolute Gasteiger partial charge is 3.00 e. The van der Waals surface area contributed by atoms with Crippen LogP contribution in [0.5, 0.6) is 0 Å². The Morgan fingerprint density at radius 3 is 0.310 bits per heavy atom. The average molecular weight is 679 g/mol. The van der Waals surface area contributed by atoms with Gasteiger partial charge in [0.1, 0.15) is 0 Å². The van der Waals surface area contributed by atoms with E-state index in [9.17, 15) is 0 Å². The van der Waals surface area contributed by atoms with Crippen LogP contribution in [0, 0.1) is 0 Å². The molecule has 0 atom stereocenters. The molecular formula is Al2Ca6O18S3. The van der Waals surface area contributed by atoms with E-state index in [1.54, 1.807) is 0 Å². The summed E-state index contributed by atoms with van der Waals surface area (Å²) in [5.41, 5.74) is 0. The van der Waals surface area contributed by atoms with E-state index in [0.29, 0.717) is 0 Å². The zero-order valence-electron chi connectivity index (χ0n) is 14.0. The SMILES string of the molecule is O=S(=O)([O-])[O-].O=S(=O)([O-])[O-].O=S(=O)([O-])[O-].[Al+3].[Al+3].[Ca+2].[Ca+2].[Ca+2].[Ca+2].[Ca+2].[Ca+2].[O-2].[O-2].[O-2].[O-2].[O-2].[O-2]. The molecule has 0 saturated carbocycles. The Kier molecular flexibility index (Phi) is 270. The summed E-state index contributed by atoms with van der Waals surface area (Å²) < 4.78 is 102. The van der Waals surface area contributed by atoms with E-state index < -0.39 is 31.2 Å². The van der Waals surface area contributed by atoms with E-state index >= 15 is 0 Å². The maximum Gasteiger partial charge on any atom is 3.00 e. The van der Waals surface area contributed by atoms with Crippen molar-refractivity contribution in [2.45, 2.75) is 0 Å². The molecule has 29 heteroatoms. The molecule has 0 rings (SSSR count). The topological polar surface area (TPSA) is 412 Å². The van der Waals surface area contributed by atoms with E-state index in [0.717, 1.165) is 0 Å². The third-order valence-corrected chi connectivity index (χ3v) is 0. The number of rotatable bonds is 0. The first-order valence-electron chi connectivity index (χ1n) is 2.00. The van der Waals surface area contributed by atoms with Crippen LogP contribution in [-0.4, -0.2) is 314 Å². The Bertz CT molecular complexity index is 365. The third-order valence-electron chi connectivity index (χ3n) is 0. The fourth-order valence-corrected chi connectivity index (χ4v) is 0. The van der Waals surface area contributed by atoms with Gasteiger partial charge in [-0.05, 0) is 0 Å². The summed E-state index contributed by atoms with van der Waals surface area (Å²) in [5, 5.41) is 0. The van der Waals surface area contributed by atoms with Crippen molar-refractivity contribution in [2.75, 3.05) is 0 Å². The molecule has 0 aliphatic heterocycles. The molecule has 0 N–H and O–H groups in total. The van der Waals surface area contributed by atoms with Crippen LogP contribution >= 0.6 is 0 Å². The summed E-state index contributed by atoms with van der Waals surface area (Å²) in [6, 6.07) is 0. The van der Waals surface area contributed by atoms with Crippen LogP contribution in [0.4, 0.5) is 0 Å². The van der Waals surface area contributed by atoms with E-state index in [-0.39, 0.29) is 294 Å². The van der Waals surface area contributed by atoms with Crippen LogP contribution in [-0.2, 0) is 64.1 Å². The first-order valence-corrected chi connectivity index (χ1v) is 6.00. The fraction of sp³-hybridized carbons (Fsp3) is 0. The maximum atomic E-state index is 8.52. The Hall–Kier alpha value is 7.99. The monoisotopic (exact) mass is 678 g/mol. The van der Waals surface area contributed by atoms with Gasteiger partial charge in [0.25, 0.3) is 0 Å². The van der Waals surface area contributed by atoms with Crippen LogP contribution in [0.1, 0.15) is 0 Å². The Morgan fingerprint density at radius 2 is 0.310 bits per heavy atom. The molecule has 0 aromatic heterocycles. The van der Waals surface area contributed by atoms with Crippen molar-refractivity contribution in [3.63, 3.8) is 0 Å². The third kappa shape index (κ3) is 651. The van der Waals surface area contributed by atoms with Gasteiger partial charge in [-0.1, -0.05) is 0 Å². The molecule has 0 radical (unpaired) electrons. The van der Waals surface area contributed by atoms with Gasteiger partial charge in [0.15, 0.2) is 0 Å². The molecule has 0 heterocycles. The molecule has 0 aromatic rings. The second-order valence-electron chi connectivity index (χ2n) is 1.22. The molecule has 144 valence electrons. The molecular weight excluding hydrogens is 679 g/mol. The van der Waals surface area contributed by atoms with Crippen LogP contribution in [0.3, 0.4) is 0 Å². The summed E-state index contributed by atoms with van der Waals surface area (Å²) in [7, 11) is -15.5. The van der Waals surface area contributed by atoms with Crippen LogP contribution in [0.25, 0.3) is 0 Å². The molecule has 0 saturated heterocycles. The van der Waals surface area contributed by atoms with Crippen LogP contribution < -0.4 is 0 Å². The molecule has 0 aliphatic rings. The van der Waals surface area contributed by atoms with Gasteiger partial charge in [0, 0.05) is 31.2 Å². The molecule has 0 aliphatic carbocycles. The molecule has 0 unspecified atom stereocenters. The second-order valence-corrected chi connectivity index (χ2v) is 3.67. The minimum absolute atomic E-state index is 0. The summed E-state index contributed by atoms with van der Waals surface area (Å²) in [6.07, 6.45) is 0. The van der Waals surface area contributed by atoms with Gasteiger partial charge in [-0.3, -0.25) is 25.3 Å². The first kappa shape index (κ1) is 120. The van der Waals surface area contributed by atoms with Crippen molar-refractivity contribution in [1.29, 1.82) is 0 Å². The average Bonchev–Trinajstić information content (AvgIpc) is 1.41. The summed E-state index contributed by atoms with van der Waals surface area (Å²) in [5.74, 6) is 0. The molecule has 0 spiro atoms. The minimum atomic E-state index is -5.17. The van der Waals surface area contributed by atoms with Gasteiger partial charge < -0.3 is 60.2 Å². The van der Waals surface area contributed by atoms with E-state index in [1.807, 2.05) is 0 Å². The van der Waals surface area contributed by atoms with Gasteiger partial charge in [-0.25, -0.2) is 0 Å². The summed E-state index contributed by atoms with van der Waals surface area (Å²) in [6.45, 7) is 0. The standard InChI is InChI=1S/2Al.6Ca.3H2O4S.6O/c;;;;;;;;3*1-5(2,3)4;;;;;;/h;;;;;;;;3*(H2,1,2,3,4);;;;;;/q2*+3;6*+2;;;;6*-2/p-6. The normalized spacial score (nSPS) is 6.00. The van der Waals surface area contributed by atoms with Gasteiger partial charge in [0.05, 0.1) is 0 Å². The van der Waals surface area contributed by atoms with E-state index in [4.69, 9.17) is 52.6 Å². The van der Waals surface area contributed by atoms with Crippen molar-refractivity contribution < 1.29 is 85.4 Å². The van der Waals surface area contributed by atoms with Gasteiger partial charge in [0.2, 0.25) is 0 Å². The first-order chi connectivity index (χ1) is 6.00. The zero-order chi connectivity index (χ0) is 13.5. The molecule has 0 aromatic carbocycles. The minimum Gasteiger partial charge on any atom is -2.00 e. The van der Waals surface area contributed by atoms with Crippen molar-refractivity contribution in [2.24, 2.45) is 0 Å². The fourth-order valence-electron chi connectivity index (χ4n) is 0. The van der Waals surface area contributed by atoms with Crippen molar-refractivity contribution in [3.8, 4) is 0 Å². The smallest absolute Gasteiger partial charge is 2.00 e. The second kappa shape index (κ2) is 65.2. The van der Waals surface area contributed by atoms with E-state index in [1.165, 1.54) is 0 Å². The van der Waals surface area contributed by atoms with Gasteiger partial charge in [-0.2, -0.15) is 0 Å². The molecule has 29 heavy (non-hydrogen) atoms. The van der Waals surface area contributed by atoms with Gasteiger partial charge in [-0.15, -0.1) is 0 Å². The van der Waals surface area contributed by atoms with Gasteiger partial charge >= 0.3 is 261 Å². The predicted molar refractivity (Wildman–Crippen MR) is 81.6 cm³/mol. The van der Waals surface area contributed by atoms with Crippen molar-refractivity contribution >= 4 is 292 Å². The van der Waals surface area contributed by atoms with Crippen LogP contribution in [0.2, 0.25) is 0 Å². The number of hydrogen-bond acceptors (Lipinski definition) is 12. The molecule has 0 bridgehead atoms. The molecule has 18 nitrogen and oxygen atoms in total. The quantitative estimate of drug-likeness (QED) is 0.131. The maximum absolute atomic E-state index is 8.52. The number of hydrogen-bond donors (Lipinski definition) is 0.